The monoisotopic (exact) mass is 241 g/mol. The minimum Gasteiger partial charge on any atom is -0.321 e. The van der Waals surface area contributed by atoms with Gasteiger partial charge in [0.15, 0.2) is 11.9 Å². The third-order valence-electron chi connectivity index (χ3n) is 2.78. The lowest BCUT2D eigenvalue weighted by Crippen LogP contribution is -2.42. The summed E-state index contributed by atoms with van der Waals surface area (Å²) in [6.45, 7) is 4.33. The summed E-state index contributed by atoms with van der Waals surface area (Å²) in [6.07, 6.45) is 1.91. The molecule has 0 radical (unpaired) electrons. The van der Waals surface area contributed by atoms with Crippen LogP contribution in [0.25, 0.3) is 0 Å². The molecule has 2 rings (SSSR count). The van der Waals surface area contributed by atoms with Crippen molar-refractivity contribution >= 4 is 11.6 Å². The van der Waals surface area contributed by atoms with Crippen molar-refractivity contribution in [2.75, 3.05) is 5.32 Å². The molecule has 0 bridgehead atoms. The molecule has 1 aromatic heterocycles. The topological polar surface area (TPSA) is 33.0 Å². The first-order valence-corrected chi connectivity index (χ1v) is 5.97. The van der Waals surface area contributed by atoms with Gasteiger partial charge in [0.25, 0.3) is 5.91 Å². The lowest BCUT2D eigenvalue weighted by Gasteiger charge is -2.04. The molecule has 92 valence electrons. The van der Waals surface area contributed by atoms with Crippen LogP contribution in [-0.4, -0.2) is 5.91 Å². The average Bonchev–Trinajstić information content (AvgIpc) is 2.32. The number of rotatable bonds is 3. The zero-order valence-corrected chi connectivity index (χ0v) is 10.7. The number of carbonyl (C=O) groups excluding carboxylic acids is 1. The minimum atomic E-state index is -0.0140. The molecule has 0 fully saturated rings. The van der Waals surface area contributed by atoms with Crippen LogP contribution in [-0.2, 0) is 11.3 Å². The number of nitrogens with one attached hydrogen (secondary N) is 1. The molecule has 0 saturated carbocycles. The Morgan fingerprint density at radius 3 is 2.72 bits per heavy atom. The Hall–Kier alpha value is -2.16. The van der Waals surface area contributed by atoms with Gasteiger partial charge in [-0.3, -0.25) is 4.79 Å². The van der Waals surface area contributed by atoms with E-state index in [0.29, 0.717) is 6.54 Å². The molecule has 0 unspecified atom stereocenters. The minimum absolute atomic E-state index is 0.0140. The number of hydrogen-bond donors (Lipinski definition) is 1. The predicted octanol–water partition coefficient (Wildman–Crippen LogP) is 2.23. The van der Waals surface area contributed by atoms with Crippen molar-refractivity contribution in [1.82, 2.24) is 0 Å². The average molecular weight is 241 g/mol. The number of pyridine rings is 1. The quantitative estimate of drug-likeness (QED) is 0.821. The Morgan fingerprint density at radius 1 is 1.17 bits per heavy atom. The maximum Gasteiger partial charge on any atom is 0.290 e. The molecule has 0 spiro atoms. The van der Waals surface area contributed by atoms with Gasteiger partial charge >= 0.3 is 0 Å². The summed E-state index contributed by atoms with van der Waals surface area (Å²) in [4.78, 5) is 11.9. The summed E-state index contributed by atoms with van der Waals surface area (Å²) in [5.74, 6) is -0.0140. The number of anilines is 1. The van der Waals surface area contributed by atoms with E-state index in [1.165, 1.54) is 0 Å². The van der Waals surface area contributed by atoms with Crippen molar-refractivity contribution in [3.63, 3.8) is 0 Å². The van der Waals surface area contributed by atoms with Crippen LogP contribution in [0.5, 0.6) is 0 Å². The normalized spacial score (nSPS) is 10.1. The highest BCUT2D eigenvalue weighted by atomic mass is 16.1. The van der Waals surface area contributed by atoms with Crippen LogP contribution in [0.4, 0.5) is 5.69 Å². The van der Waals surface area contributed by atoms with Crippen LogP contribution in [0.15, 0.2) is 48.7 Å². The first-order chi connectivity index (χ1) is 8.65. The summed E-state index contributed by atoms with van der Waals surface area (Å²) in [5, 5.41) is 2.90. The summed E-state index contributed by atoms with van der Waals surface area (Å²) >= 11 is 0. The van der Waals surface area contributed by atoms with E-state index in [4.69, 9.17) is 0 Å². The second kappa shape index (κ2) is 5.45. The molecule has 3 nitrogen and oxygen atoms in total. The van der Waals surface area contributed by atoms with E-state index in [2.05, 4.69) is 5.32 Å². The van der Waals surface area contributed by atoms with Crippen molar-refractivity contribution in [2.24, 2.45) is 0 Å². The van der Waals surface area contributed by atoms with Gasteiger partial charge in [-0.15, -0.1) is 0 Å². The van der Waals surface area contributed by atoms with Gasteiger partial charge < -0.3 is 5.32 Å². The van der Waals surface area contributed by atoms with Crippen molar-refractivity contribution in [3.05, 3.63) is 59.9 Å². The smallest absolute Gasteiger partial charge is 0.290 e. The van der Waals surface area contributed by atoms with E-state index >= 15 is 0 Å². The highest BCUT2D eigenvalue weighted by molar-refractivity contribution is 5.89. The number of nitrogens with zero attached hydrogens (tertiary/aromatic N) is 1. The summed E-state index contributed by atoms with van der Waals surface area (Å²) < 4.78 is 1.92. The fourth-order valence-corrected chi connectivity index (χ4v) is 1.82. The fourth-order valence-electron chi connectivity index (χ4n) is 1.82. The molecular formula is C15H17N2O+. The van der Waals surface area contributed by atoms with Gasteiger partial charge in [0, 0.05) is 24.7 Å². The van der Waals surface area contributed by atoms with E-state index in [1.54, 1.807) is 0 Å². The Labute approximate surface area is 107 Å². The van der Waals surface area contributed by atoms with Crippen LogP contribution in [0.1, 0.15) is 11.3 Å². The Morgan fingerprint density at radius 2 is 2.00 bits per heavy atom. The molecule has 0 saturated heterocycles. The largest absolute Gasteiger partial charge is 0.321 e. The van der Waals surface area contributed by atoms with Gasteiger partial charge in [-0.05, 0) is 24.6 Å². The number of hydrogen-bond acceptors (Lipinski definition) is 1. The molecule has 2 aromatic rings. The molecule has 1 N–H and O–H groups in total. The van der Waals surface area contributed by atoms with E-state index in [-0.39, 0.29) is 5.91 Å². The highest BCUT2D eigenvalue weighted by Gasteiger charge is 2.11. The van der Waals surface area contributed by atoms with Gasteiger partial charge in [-0.1, -0.05) is 18.2 Å². The standard InChI is InChI=1S/C15H16N2O/c1-12-6-5-8-14(10-12)16-15(18)11-17-9-4-3-7-13(17)2/h3-10H,11H2,1-2H3/p+1. The number of amides is 1. The Kier molecular flexibility index (Phi) is 3.72. The van der Waals surface area contributed by atoms with Gasteiger partial charge in [0.1, 0.15) is 0 Å². The van der Waals surface area contributed by atoms with E-state index in [0.717, 1.165) is 16.9 Å². The third kappa shape index (κ3) is 3.17. The van der Waals surface area contributed by atoms with E-state index in [9.17, 15) is 4.79 Å². The second-order valence-electron chi connectivity index (χ2n) is 4.39. The lowest BCUT2D eigenvalue weighted by atomic mass is 10.2. The molecule has 0 atom stereocenters. The fraction of sp³-hybridized carbons (Fsp3) is 0.200. The predicted molar refractivity (Wildman–Crippen MR) is 71.2 cm³/mol. The van der Waals surface area contributed by atoms with Gasteiger partial charge in [-0.2, -0.15) is 4.57 Å². The maximum atomic E-state index is 11.9. The molecule has 0 aliphatic heterocycles. The number of carbonyl (C=O) groups is 1. The molecule has 1 amide bonds. The number of aryl methyl sites for hydroxylation is 2. The van der Waals surface area contributed by atoms with Crippen LogP contribution >= 0.6 is 0 Å². The number of aromatic nitrogens is 1. The molecule has 1 heterocycles. The SMILES string of the molecule is Cc1cccc(NC(=O)C[n+]2ccccc2C)c1. The van der Waals surface area contributed by atoms with Crippen molar-refractivity contribution in [3.8, 4) is 0 Å². The first kappa shape index (κ1) is 12.3. The second-order valence-corrected chi connectivity index (χ2v) is 4.39. The lowest BCUT2D eigenvalue weighted by molar-refractivity contribution is -0.690. The van der Waals surface area contributed by atoms with Crippen LogP contribution in [0.2, 0.25) is 0 Å². The van der Waals surface area contributed by atoms with Crippen molar-refractivity contribution in [1.29, 1.82) is 0 Å². The van der Waals surface area contributed by atoms with Crippen molar-refractivity contribution in [2.45, 2.75) is 20.4 Å². The van der Waals surface area contributed by atoms with Gasteiger partial charge in [0.2, 0.25) is 6.54 Å². The third-order valence-corrected chi connectivity index (χ3v) is 2.78. The van der Waals surface area contributed by atoms with Gasteiger partial charge in [0.05, 0.1) is 0 Å². The zero-order valence-electron chi connectivity index (χ0n) is 10.7. The zero-order chi connectivity index (χ0) is 13.0. The van der Waals surface area contributed by atoms with E-state index < -0.39 is 0 Å². The van der Waals surface area contributed by atoms with Crippen LogP contribution in [0, 0.1) is 13.8 Å². The molecule has 0 aliphatic rings. The highest BCUT2D eigenvalue weighted by Crippen LogP contribution is 2.09. The maximum absolute atomic E-state index is 11.9. The number of benzene rings is 1. The Bertz CT molecular complexity index is 564. The summed E-state index contributed by atoms with van der Waals surface area (Å²) in [6, 6.07) is 13.7. The van der Waals surface area contributed by atoms with Crippen LogP contribution < -0.4 is 9.88 Å². The van der Waals surface area contributed by atoms with Gasteiger partial charge in [-0.25, -0.2) is 0 Å². The molecule has 1 aromatic carbocycles. The molecule has 0 aliphatic carbocycles. The van der Waals surface area contributed by atoms with Crippen molar-refractivity contribution < 1.29 is 9.36 Å². The summed E-state index contributed by atoms with van der Waals surface area (Å²) in [7, 11) is 0. The molecule has 18 heavy (non-hydrogen) atoms. The first-order valence-electron chi connectivity index (χ1n) is 5.97. The van der Waals surface area contributed by atoms with Crippen LogP contribution in [0.3, 0.4) is 0 Å². The summed E-state index contributed by atoms with van der Waals surface area (Å²) in [5.41, 5.74) is 3.04. The molecule has 3 heteroatoms. The molecular weight excluding hydrogens is 224 g/mol. The Balaban J connectivity index is 2.03. The van der Waals surface area contributed by atoms with E-state index in [1.807, 2.05) is 67.1 Å².